The first kappa shape index (κ1) is 25.2. The molecule has 9 heteroatoms. The van der Waals surface area contributed by atoms with Crippen LogP contribution in [0.3, 0.4) is 0 Å². The molecule has 0 saturated heterocycles. The smallest absolute Gasteiger partial charge is 0.232 e. The maximum atomic E-state index is 13.8. The maximum absolute atomic E-state index is 13.8. The van der Waals surface area contributed by atoms with Crippen LogP contribution in [0.5, 0.6) is 0 Å². The molecule has 0 bridgehead atoms. The number of carbonyl (C=O) groups excluding carboxylic acids is 1. The lowest BCUT2D eigenvalue weighted by atomic mass is 9.94. The van der Waals surface area contributed by atoms with E-state index in [-0.39, 0.29) is 18.3 Å². The van der Waals surface area contributed by atoms with Crippen LogP contribution in [0.2, 0.25) is 0 Å². The Kier molecular flexibility index (Phi) is 7.23. The highest BCUT2D eigenvalue weighted by Crippen LogP contribution is 2.35. The summed E-state index contributed by atoms with van der Waals surface area (Å²) in [4.78, 5) is 19.0. The second-order valence-corrected chi connectivity index (χ2v) is 9.85. The SMILES string of the molecule is COCC[C@H](c1cccc(C(O)N[C@@H]2c3cc(F)ccc3C[C@H]2O)c1)N1C(=O)CC(C)(C)N=C1N. The van der Waals surface area contributed by atoms with Crippen molar-refractivity contribution in [3.8, 4) is 0 Å². The van der Waals surface area contributed by atoms with E-state index < -0.39 is 35.8 Å². The molecular weight excluding hydrogens is 451 g/mol. The number of fused-ring (bicyclic) bond motifs is 1. The fourth-order valence-corrected chi connectivity index (χ4v) is 4.99. The number of halogens is 1. The summed E-state index contributed by atoms with van der Waals surface area (Å²) in [6.45, 7) is 4.12. The number of aliphatic hydroxyl groups is 2. The lowest BCUT2D eigenvalue weighted by molar-refractivity contribution is -0.131. The minimum atomic E-state index is -1.13. The number of methoxy groups -OCH3 is 1. The number of rotatable bonds is 8. The number of ether oxygens (including phenoxy) is 1. The van der Waals surface area contributed by atoms with Crippen molar-refractivity contribution in [2.45, 2.75) is 63.1 Å². The quantitative estimate of drug-likeness (QED) is 0.427. The van der Waals surface area contributed by atoms with Crippen LogP contribution in [-0.2, 0) is 16.0 Å². The van der Waals surface area contributed by atoms with Crippen molar-refractivity contribution < 1.29 is 24.1 Å². The Bertz CT molecular complexity index is 1120. The van der Waals surface area contributed by atoms with Gasteiger partial charge in [0.2, 0.25) is 5.91 Å². The second kappa shape index (κ2) is 10.0. The standard InChI is InChI=1S/C26H33FN4O4/c1-26(2)14-22(33)31(25(28)30-26)20(9-10-35-3)16-5-4-6-17(11-16)24(34)29-23-19-13-18(27)8-7-15(19)12-21(23)32/h4-8,11,13,20-21,23-24,29,32,34H,9-10,12,14H2,1-3H3,(H2,28,30)/t20-,21-,23-,24?/m1/s1. The van der Waals surface area contributed by atoms with Crippen molar-refractivity contribution in [3.05, 3.63) is 70.5 Å². The zero-order valence-corrected chi connectivity index (χ0v) is 20.2. The molecule has 0 spiro atoms. The van der Waals surface area contributed by atoms with Gasteiger partial charge in [-0.1, -0.05) is 24.3 Å². The minimum absolute atomic E-state index is 0.125. The van der Waals surface area contributed by atoms with E-state index in [9.17, 15) is 19.4 Å². The summed E-state index contributed by atoms with van der Waals surface area (Å²) in [5.41, 5.74) is 8.46. The zero-order chi connectivity index (χ0) is 25.3. The van der Waals surface area contributed by atoms with Gasteiger partial charge in [-0.05, 0) is 60.7 Å². The number of hydrogen-bond donors (Lipinski definition) is 4. The molecule has 1 heterocycles. The summed E-state index contributed by atoms with van der Waals surface area (Å²) in [6.07, 6.45) is -0.819. The number of benzene rings is 2. The molecule has 1 unspecified atom stereocenters. The van der Waals surface area contributed by atoms with E-state index in [2.05, 4.69) is 10.3 Å². The molecule has 0 saturated carbocycles. The van der Waals surface area contributed by atoms with Crippen molar-refractivity contribution in [2.24, 2.45) is 10.7 Å². The summed E-state index contributed by atoms with van der Waals surface area (Å²) in [5, 5.41) is 24.5. The van der Waals surface area contributed by atoms with Gasteiger partial charge in [-0.3, -0.25) is 15.0 Å². The summed E-state index contributed by atoms with van der Waals surface area (Å²) in [6, 6.07) is 10.6. The van der Waals surface area contributed by atoms with Gasteiger partial charge in [-0.2, -0.15) is 0 Å². The number of hydrogen-bond acceptors (Lipinski definition) is 7. The molecule has 2 aromatic carbocycles. The van der Waals surface area contributed by atoms with E-state index in [0.29, 0.717) is 30.6 Å². The number of aliphatic hydroxyl groups excluding tert-OH is 2. The molecule has 0 radical (unpaired) electrons. The number of guanidine groups is 1. The van der Waals surface area contributed by atoms with Crippen LogP contribution in [0.4, 0.5) is 4.39 Å². The molecule has 0 fully saturated rings. The molecular formula is C26H33FN4O4. The zero-order valence-electron chi connectivity index (χ0n) is 20.2. The van der Waals surface area contributed by atoms with Crippen molar-refractivity contribution in [2.75, 3.05) is 13.7 Å². The molecule has 4 atom stereocenters. The third-order valence-electron chi connectivity index (χ3n) is 6.63. The fraction of sp³-hybridized carbons (Fsp3) is 0.462. The van der Waals surface area contributed by atoms with Crippen LogP contribution in [0.25, 0.3) is 0 Å². The second-order valence-electron chi connectivity index (χ2n) is 9.85. The van der Waals surface area contributed by atoms with Crippen LogP contribution in [0, 0.1) is 5.82 Å². The van der Waals surface area contributed by atoms with Gasteiger partial charge in [0.25, 0.3) is 0 Å². The van der Waals surface area contributed by atoms with Gasteiger partial charge >= 0.3 is 0 Å². The molecule has 4 rings (SSSR count). The highest BCUT2D eigenvalue weighted by Gasteiger charge is 2.37. The topological polar surface area (TPSA) is 120 Å². The number of aliphatic imine (C=N–C) groups is 1. The predicted molar refractivity (Wildman–Crippen MR) is 130 cm³/mol. The van der Waals surface area contributed by atoms with Gasteiger partial charge in [0.1, 0.15) is 12.0 Å². The average molecular weight is 485 g/mol. The monoisotopic (exact) mass is 484 g/mol. The molecule has 5 N–H and O–H groups in total. The first-order chi connectivity index (χ1) is 16.6. The summed E-state index contributed by atoms with van der Waals surface area (Å²) in [5.74, 6) is -0.361. The lowest BCUT2D eigenvalue weighted by Crippen LogP contribution is -2.51. The molecule has 2 aromatic rings. The van der Waals surface area contributed by atoms with E-state index in [1.54, 1.807) is 31.4 Å². The van der Waals surface area contributed by atoms with E-state index >= 15 is 0 Å². The van der Waals surface area contributed by atoms with Gasteiger partial charge in [-0.25, -0.2) is 9.38 Å². The molecule has 35 heavy (non-hydrogen) atoms. The molecule has 2 aliphatic rings. The predicted octanol–water partition coefficient (Wildman–Crippen LogP) is 2.47. The van der Waals surface area contributed by atoms with Crippen LogP contribution in [0.1, 0.15) is 67.3 Å². The summed E-state index contributed by atoms with van der Waals surface area (Å²) >= 11 is 0. The molecule has 1 aliphatic heterocycles. The third kappa shape index (κ3) is 5.38. The molecule has 188 valence electrons. The fourth-order valence-electron chi connectivity index (χ4n) is 4.99. The van der Waals surface area contributed by atoms with Crippen molar-refractivity contribution in [1.29, 1.82) is 0 Å². The summed E-state index contributed by atoms with van der Waals surface area (Å²) in [7, 11) is 1.59. The Balaban J connectivity index is 1.60. The van der Waals surface area contributed by atoms with Crippen molar-refractivity contribution in [1.82, 2.24) is 10.2 Å². The van der Waals surface area contributed by atoms with Crippen LogP contribution in [0.15, 0.2) is 47.5 Å². The average Bonchev–Trinajstić information content (AvgIpc) is 3.09. The van der Waals surface area contributed by atoms with Crippen LogP contribution >= 0.6 is 0 Å². The normalized spacial score (nSPS) is 23.1. The van der Waals surface area contributed by atoms with Gasteiger partial charge in [0.15, 0.2) is 5.96 Å². The molecule has 8 nitrogen and oxygen atoms in total. The van der Waals surface area contributed by atoms with Crippen molar-refractivity contribution >= 4 is 11.9 Å². The Morgan fingerprint density at radius 1 is 1.29 bits per heavy atom. The number of nitrogens with one attached hydrogen (secondary N) is 1. The summed E-state index contributed by atoms with van der Waals surface area (Å²) < 4.78 is 19.1. The Morgan fingerprint density at radius 2 is 2.03 bits per heavy atom. The molecule has 1 amide bonds. The third-order valence-corrected chi connectivity index (χ3v) is 6.63. The van der Waals surface area contributed by atoms with Gasteiger partial charge in [0.05, 0.1) is 30.1 Å². The van der Waals surface area contributed by atoms with E-state index in [0.717, 1.165) is 11.1 Å². The van der Waals surface area contributed by atoms with E-state index in [1.165, 1.54) is 17.0 Å². The van der Waals surface area contributed by atoms with Gasteiger partial charge in [-0.15, -0.1) is 0 Å². The Hall–Kier alpha value is -2.85. The highest BCUT2D eigenvalue weighted by atomic mass is 19.1. The number of amides is 1. The largest absolute Gasteiger partial charge is 0.391 e. The maximum Gasteiger partial charge on any atom is 0.232 e. The van der Waals surface area contributed by atoms with Gasteiger partial charge in [0, 0.05) is 20.1 Å². The van der Waals surface area contributed by atoms with E-state index in [1.807, 2.05) is 19.9 Å². The Morgan fingerprint density at radius 3 is 2.74 bits per heavy atom. The first-order valence-corrected chi connectivity index (χ1v) is 11.8. The van der Waals surface area contributed by atoms with E-state index in [4.69, 9.17) is 10.5 Å². The molecule has 1 aliphatic carbocycles. The number of carbonyl (C=O) groups is 1. The van der Waals surface area contributed by atoms with Crippen molar-refractivity contribution in [3.63, 3.8) is 0 Å². The molecule has 0 aromatic heterocycles. The first-order valence-electron chi connectivity index (χ1n) is 11.8. The van der Waals surface area contributed by atoms with Gasteiger partial charge < -0.3 is 20.7 Å². The lowest BCUT2D eigenvalue weighted by Gasteiger charge is -2.38. The highest BCUT2D eigenvalue weighted by molar-refractivity contribution is 5.99. The Labute approximate surface area is 204 Å². The minimum Gasteiger partial charge on any atom is -0.391 e. The van der Waals surface area contributed by atoms with Crippen LogP contribution in [-0.4, -0.2) is 52.3 Å². The van der Waals surface area contributed by atoms with Crippen LogP contribution < -0.4 is 11.1 Å². The number of nitrogens with two attached hydrogens (primary N) is 1. The number of nitrogens with zero attached hydrogens (tertiary/aromatic N) is 2.